The number of nitrogens with one attached hydrogen (secondary N) is 2. The molecule has 3 aromatic carbocycles. The van der Waals surface area contributed by atoms with Gasteiger partial charge in [-0.25, -0.2) is 4.79 Å². The summed E-state index contributed by atoms with van der Waals surface area (Å²) in [6.45, 7) is 3.78. The molecule has 0 spiro atoms. The van der Waals surface area contributed by atoms with Crippen LogP contribution in [0.1, 0.15) is 45.1 Å². The smallest absolute Gasteiger partial charge is 0.410 e. The van der Waals surface area contributed by atoms with Crippen molar-refractivity contribution in [1.82, 2.24) is 9.80 Å². The molecule has 0 radical (unpaired) electrons. The number of benzene rings is 3. The third kappa shape index (κ3) is 6.70. The molecule has 2 aliphatic rings. The van der Waals surface area contributed by atoms with E-state index in [0.29, 0.717) is 60.8 Å². The Bertz CT molecular complexity index is 1500. The molecule has 0 aliphatic carbocycles. The van der Waals surface area contributed by atoms with Crippen molar-refractivity contribution in [3.8, 4) is 0 Å². The Balaban J connectivity index is 1.43. The molecule has 230 valence electrons. The van der Waals surface area contributed by atoms with Gasteiger partial charge in [0.25, 0.3) is 0 Å². The van der Waals surface area contributed by atoms with Gasteiger partial charge in [0.1, 0.15) is 12.6 Å². The Labute approximate surface area is 257 Å². The number of ether oxygens (including phenoxy) is 1. The van der Waals surface area contributed by atoms with Gasteiger partial charge >= 0.3 is 6.09 Å². The molecule has 1 unspecified atom stereocenters. The number of amides is 4. The van der Waals surface area contributed by atoms with Crippen LogP contribution >= 0.6 is 7.14 Å². The summed E-state index contributed by atoms with van der Waals surface area (Å²) in [5.74, 6) is -1.29. The summed E-state index contributed by atoms with van der Waals surface area (Å²) in [7, 11) is -3.48. The third-order valence-corrected chi connectivity index (χ3v) is 11.6. The molecule has 3 aromatic rings. The Morgan fingerprint density at radius 3 is 1.82 bits per heavy atom. The van der Waals surface area contributed by atoms with Gasteiger partial charge in [0.05, 0.1) is 5.78 Å². The zero-order valence-electron chi connectivity index (χ0n) is 24.9. The molecule has 0 bridgehead atoms. The highest BCUT2D eigenvalue weighted by molar-refractivity contribution is 7.79. The average molecular weight is 617 g/mol. The molecule has 0 saturated carbocycles. The van der Waals surface area contributed by atoms with Crippen molar-refractivity contribution in [2.45, 2.75) is 58.0 Å². The minimum Gasteiger partial charge on any atom is -0.445 e. The monoisotopic (exact) mass is 616 g/mol. The van der Waals surface area contributed by atoms with E-state index in [0.717, 1.165) is 5.56 Å². The molecule has 10 nitrogen and oxygen atoms in total. The molecule has 2 N–H and O–H groups in total. The molecular weight excluding hydrogens is 579 g/mol. The second kappa shape index (κ2) is 13.5. The van der Waals surface area contributed by atoms with Crippen LogP contribution in [-0.4, -0.2) is 58.5 Å². The van der Waals surface area contributed by atoms with Crippen LogP contribution in [-0.2, 0) is 30.3 Å². The number of rotatable bonds is 8. The summed E-state index contributed by atoms with van der Waals surface area (Å²) in [6, 6.07) is 22.4. The quantitative estimate of drug-likeness (QED) is 0.355. The predicted molar refractivity (Wildman–Crippen MR) is 169 cm³/mol. The first-order valence-electron chi connectivity index (χ1n) is 14.8. The fourth-order valence-electron chi connectivity index (χ4n) is 6.05. The highest BCUT2D eigenvalue weighted by Gasteiger charge is 2.48. The second-order valence-electron chi connectivity index (χ2n) is 11.2. The van der Waals surface area contributed by atoms with Crippen molar-refractivity contribution < 1.29 is 28.5 Å². The molecule has 2 heterocycles. The van der Waals surface area contributed by atoms with Crippen molar-refractivity contribution in [2.75, 3.05) is 23.7 Å². The highest BCUT2D eigenvalue weighted by atomic mass is 31.2. The highest BCUT2D eigenvalue weighted by Crippen LogP contribution is 2.54. The van der Waals surface area contributed by atoms with Crippen LogP contribution < -0.4 is 21.2 Å². The van der Waals surface area contributed by atoms with Gasteiger partial charge < -0.3 is 24.8 Å². The van der Waals surface area contributed by atoms with Crippen molar-refractivity contribution in [2.24, 2.45) is 0 Å². The normalized spacial score (nSPS) is 18.1. The maximum absolute atomic E-state index is 15.4. The predicted octanol–water partition coefficient (Wildman–Crippen LogP) is 4.67. The third-order valence-electron chi connectivity index (χ3n) is 8.04. The summed E-state index contributed by atoms with van der Waals surface area (Å²) >= 11 is 0. The number of nitrogens with zero attached hydrogens (tertiary/aromatic N) is 2. The Morgan fingerprint density at radius 2 is 1.27 bits per heavy atom. The zero-order chi connectivity index (χ0) is 31.3. The number of carbonyl (C=O) groups is 4. The van der Waals surface area contributed by atoms with Crippen molar-refractivity contribution in [3.63, 3.8) is 0 Å². The lowest BCUT2D eigenvalue weighted by Crippen LogP contribution is -2.50. The number of hydrogen-bond acceptors (Lipinski definition) is 6. The van der Waals surface area contributed by atoms with Crippen molar-refractivity contribution >= 4 is 52.9 Å². The molecule has 2 aliphatic heterocycles. The molecule has 5 rings (SSSR count). The van der Waals surface area contributed by atoms with Crippen LogP contribution in [0.5, 0.6) is 0 Å². The number of anilines is 2. The SMILES string of the molecule is CC(=O)Nc1ccc(P(=O)(c2ccc(NC(C)=O)cc2)C2CCCN2C(=O)[C@@H]2CCCN2C(=O)OCc2ccccc2)cc1. The van der Waals surface area contributed by atoms with Gasteiger partial charge in [-0.3, -0.25) is 19.3 Å². The van der Waals surface area contributed by atoms with E-state index in [4.69, 9.17) is 4.74 Å². The van der Waals surface area contributed by atoms with E-state index >= 15 is 4.57 Å². The maximum atomic E-state index is 15.4. The van der Waals surface area contributed by atoms with Crippen LogP contribution in [0, 0.1) is 0 Å². The van der Waals surface area contributed by atoms with Crippen LogP contribution in [0.4, 0.5) is 16.2 Å². The molecule has 2 saturated heterocycles. The van der Waals surface area contributed by atoms with Crippen molar-refractivity contribution in [3.05, 3.63) is 84.4 Å². The lowest BCUT2D eigenvalue weighted by molar-refractivity contribution is -0.135. The van der Waals surface area contributed by atoms with Gasteiger partial charge in [0, 0.05) is 48.9 Å². The van der Waals surface area contributed by atoms with E-state index in [2.05, 4.69) is 10.6 Å². The van der Waals surface area contributed by atoms with Gasteiger partial charge in [-0.15, -0.1) is 0 Å². The van der Waals surface area contributed by atoms with Gasteiger partial charge in [0.2, 0.25) is 17.7 Å². The Hall–Kier alpha value is -4.43. The van der Waals surface area contributed by atoms with E-state index in [1.54, 1.807) is 53.4 Å². The first kappa shape index (κ1) is 31.0. The number of hydrogen-bond donors (Lipinski definition) is 2. The van der Waals surface area contributed by atoms with Gasteiger partial charge in [-0.2, -0.15) is 0 Å². The number of likely N-dealkylation sites (tertiary alicyclic amines) is 2. The van der Waals surface area contributed by atoms with E-state index < -0.39 is 25.1 Å². The lowest BCUT2D eigenvalue weighted by Gasteiger charge is -2.35. The topological polar surface area (TPSA) is 125 Å². The van der Waals surface area contributed by atoms with E-state index in [1.807, 2.05) is 30.3 Å². The summed E-state index contributed by atoms with van der Waals surface area (Å²) in [6.07, 6.45) is 1.83. The van der Waals surface area contributed by atoms with E-state index in [9.17, 15) is 19.2 Å². The first-order valence-corrected chi connectivity index (χ1v) is 16.6. The lowest BCUT2D eigenvalue weighted by atomic mass is 10.2. The molecule has 4 amide bonds. The number of carbonyl (C=O) groups excluding carboxylic acids is 4. The molecule has 11 heteroatoms. The van der Waals surface area contributed by atoms with E-state index in [1.165, 1.54) is 18.7 Å². The second-order valence-corrected chi connectivity index (χ2v) is 14.1. The first-order chi connectivity index (χ1) is 21.2. The van der Waals surface area contributed by atoms with Crippen LogP contribution in [0.2, 0.25) is 0 Å². The Kier molecular flexibility index (Phi) is 9.49. The van der Waals surface area contributed by atoms with Crippen molar-refractivity contribution in [1.29, 1.82) is 0 Å². The largest absolute Gasteiger partial charge is 0.445 e. The van der Waals surface area contributed by atoms with Crippen LogP contribution in [0.15, 0.2) is 78.9 Å². The Morgan fingerprint density at radius 1 is 0.750 bits per heavy atom. The minimum absolute atomic E-state index is 0.113. The molecule has 0 aromatic heterocycles. The molecular formula is C33H37N4O6P. The van der Waals surface area contributed by atoms with E-state index in [-0.39, 0.29) is 24.3 Å². The van der Waals surface area contributed by atoms with Gasteiger partial charge in [0.15, 0.2) is 7.14 Å². The van der Waals surface area contributed by atoms with Gasteiger partial charge in [-0.05, 0) is 79.8 Å². The fraction of sp³-hybridized carbons (Fsp3) is 0.333. The van der Waals surface area contributed by atoms with Crippen LogP contribution in [0.3, 0.4) is 0 Å². The molecule has 44 heavy (non-hydrogen) atoms. The minimum atomic E-state index is -3.48. The summed E-state index contributed by atoms with van der Waals surface area (Å²) in [5, 5.41) is 6.57. The maximum Gasteiger partial charge on any atom is 0.410 e. The standard InChI is InChI=1S/C33H37N4O6P/c1-23(38)34-26-12-16-28(17-13-26)44(42,29-18-14-27(15-19-29)35-24(2)39)31-11-7-21-37(31)32(40)30-10-6-20-36(30)33(41)43-22-25-8-4-3-5-9-25/h3-5,8-9,12-19,30-31H,6-7,10-11,20-22H2,1-2H3,(H,34,38)(H,35,39)/t30-,31?/m0/s1. The zero-order valence-corrected chi connectivity index (χ0v) is 25.8. The fourth-order valence-corrected chi connectivity index (χ4v) is 9.39. The summed E-state index contributed by atoms with van der Waals surface area (Å²) < 4.78 is 21.0. The molecule has 2 atom stereocenters. The average Bonchev–Trinajstić information content (AvgIpc) is 3.71. The van der Waals surface area contributed by atoms with Gasteiger partial charge in [-0.1, -0.05) is 30.3 Å². The van der Waals surface area contributed by atoms with Crippen LogP contribution in [0.25, 0.3) is 0 Å². The summed E-state index contributed by atoms with van der Waals surface area (Å²) in [4.78, 5) is 53.6. The summed E-state index contributed by atoms with van der Waals surface area (Å²) in [5.41, 5.74) is 2.00. The molecule has 2 fully saturated rings.